The minimum atomic E-state index is 0.315. The molecule has 0 saturated carbocycles. The van der Waals surface area contributed by atoms with E-state index in [-0.39, 0.29) is 0 Å². The molecule has 1 aromatic heterocycles. The number of hydrogen-bond acceptors (Lipinski definition) is 3. The number of aryl methyl sites for hydroxylation is 1. The summed E-state index contributed by atoms with van der Waals surface area (Å²) in [7, 11) is 3.42. The van der Waals surface area contributed by atoms with Crippen molar-refractivity contribution in [2.45, 2.75) is 6.54 Å². The lowest BCUT2D eigenvalue weighted by Crippen LogP contribution is -2.22. The lowest BCUT2D eigenvalue weighted by atomic mass is 10.3. The number of nitrogens with one attached hydrogen (secondary N) is 1. The summed E-state index contributed by atoms with van der Waals surface area (Å²) < 4.78 is 6.80. The van der Waals surface area contributed by atoms with Gasteiger partial charge in [0.05, 0.1) is 24.9 Å². The van der Waals surface area contributed by atoms with E-state index >= 15 is 0 Å². The van der Waals surface area contributed by atoms with E-state index in [9.17, 15) is 0 Å². The van der Waals surface area contributed by atoms with Crippen molar-refractivity contribution in [3.05, 3.63) is 41.2 Å². The van der Waals surface area contributed by atoms with Crippen molar-refractivity contribution in [3.63, 3.8) is 0 Å². The molecule has 0 bridgehead atoms. The van der Waals surface area contributed by atoms with E-state index in [1.54, 1.807) is 30.1 Å². The molecule has 2 aromatic rings. The van der Waals surface area contributed by atoms with Crippen molar-refractivity contribution in [2.75, 3.05) is 12.4 Å². The van der Waals surface area contributed by atoms with Crippen molar-refractivity contribution in [2.24, 2.45) is 17.8 Å². The molecule has 7 heteroatoms. The zero-order valence-corrected chi connectivity index (χ0v) is 12.1. The fourth-order valence-electron chi connectivity index (χ4n) is 1.66. The van der Waals surface area contributed by atoms with Crippen LogP contribution in [-0.4, -0.2) is 22.8 Å². The smallest absolute Gasteiger partial charge is 0.193 e. The van der Waals surface area contributed by atoms with Gasteiger partial charge in [0.2, 0.25) is 0 Å². The van der Waals surface area contributed by atoms with E-state index in [1.165, 1.54) is 0 Å². The Kier molecular flexibility index (Phi) is 4.47. The number of nitrogens with two attached hydrogens (primary N) is 1. The Hall–Kier alpha value is -2.21. The van der Waals surface area contributed by atoms with Crippen LogP contribution in [0.2, 0.25) is 5.02 Å². The third-order valence-electron chi connectivity index (χ3n) is 2.61. The minimum absolute atomic E-state index is 0.315. The largest absolute Gasteiger partial charge is 0.495 e. The summed E-state index contributed by atoms with van der Waals surface area (Å²) in [4.78, 5) is 4.23. The Morgan fingerprint density at radius 2 is 2.35 bits per heavy atom. The van der Waals surface area contributed by atoms with E-state index in [0.29, 0.717) is 23.3 Å². The molecule has 1 heterocycles. The van der Waals surface area contributed by atoms with Crippen molar-refractivity contribution in [3.8, 4) is 5.75 Å². The van der Waals surface area contributed by atoms with Gasteiger partial charge in [-0.1, -0.05) is 11.6 Å². The van der Waals surface area contributed by atoms with E-state index in [0.717, 1.165) is 11.3 Å². The molecule has 0 aliphatic rings. The second-order valence-corrected chi connectivity index (χ2v) is 4.61. The van der Waals surface area contributed by atoms with Crippen molar-refractivity contribution in [1.29, 1.82) is 0 Å². The number of halogens is 1. The van der Waals surface area contributed by atoms with Gasteiger partial charge in [0.15, 0.2) is 5.96 Å². The van der Waals surface area contributed by atoms with Crippen molar-refractivity contribution >= 4 is 23.2 Å². The number of benzene rings is 1. The maximum absolute atomic E-state index is 6.03. The standard InChI is InChI=1S/C13H16ClN5O/c1-19-8-9(7-17-19)6-16-13(15)18-10-3-4-12(20-2)11(14)5-10/h3-5,7-8H,6H2,1-2H3,(H3,15,16,18). The van der Waals surface area contributed by atoms with Crippen LogP contribution in [0.4, 0.5) is 5.69 Å². The van der Waals surface area contributed by atoms with E-state index in [2.05, 4.69) is 15.4 Å². The number of hydrogen-bond donors (Lipinski definition) is 2. The van der Waals surface area contributed by atoms with Gasteiger partial charge in [-0.05, 0) is 18.2 Å². The van der Waals surface area contributed by atoms with Crippen molar-refractivity contribution < 1.29 is 4.74 Å². The number of rotatable bonds is 4. The van der Waals surface area contributed by atoms with Crippen LogP contribution in [0.15, 0.2) is 35.6 Å². The number of anilines is 1. The molecule has 0 unspecified atom stereocenters. The first-order valence-electron chi connectivity index (χ1n) is 5.96. The molecule has 0 spiro atoms. The topological polar surface area (TPSA) is 77.5 Å². The lowest BCUT2D eigenvalue weighted by Gasteiger charge is -2.08. The molecule has 0 atom stereocenters. The molecule has 2 rings (SSSR count). The summed E-state index contributed by atoms with van der Waals surface area (Å²) >= 11 is 6.03. The Balaban J connectivity index is 2.00. The van der Waals surface area contributed by atoms with Crippen LogP contribution in [0.5, 0.6) is 5.75 Å². The highest BCUT2D eigenvalue weighted by atomic mass is 35.5. The van der Waals surface area contributed by atoms with Gasteiger partial charge in [-0.3, -0.25) is 4.68 Å². The Morgan fingerprint density at radius 1 is 1.55 bits per heavy atom. The predicted octanol–water partition coefficient (Wildman–Crippen LogP) is 2.01. The number of ether oxygens (including phenoxy) is 1. The number of guanidine groups is 1. The maximum atomic E-state index is 6.03. The molecule has 0 radical (unpaired) electrons. The van der Waals surface area contributed by atoms with Crippen LogP contribution >= 0.6 is 11.6 Å². The molecular weight excluding hydrogens is 278 g/mol. The average Bonchev–Trinajstić information content (AvgIpc) is 2.82. The number of aromatic nitrogens is 2. The number of methoxy groups -OCH3 is 1. The van der Waals surface area contributed by atoms with Gasteiger partial charge in [-0.25, -0.2) is 4.99 Å². The zero-order chi connectivity index (χ0) is 14.5. The van der Waals surface area contributed by atoms with Crippen LogP contribution in [0.3, 0.4) is 0 Å². The van der Waals surface area contributed by atoms with Gasteiger partial charge < -0.3 is 15.8 Å². The second kappa shape index (κ2) is 6.29. The molecule has 0 aliphatic carbocycles. The van der Waals surface area contributed by atoms with Gasteiger partial charge in [-0.15, -0.1) is 0 Å². The summed E-state index contributed by atoms with van der Waals surface area (Å²) in [5, 5.41) is 7.55. The highest BCUT2D eigenvalue weighted by molar-refractivity contribution is 6.32. The molecule has 0 saturated heterocycles. The van der Waals surface area contributed by atoms with Crippen LogP contribution in [-0.2, 0) is 13.6 Å². The molecule has 106 valence electrons. The summed E-state index contributed by atoms with van der Waals surface area (Å²) in [5.41, 5.74) is 7.56. The molecular formula is C13H16ClN5O. The average molecular weight is 294 g/mol. The number of aliphatic imine (C=N–C) groups is 1. The Labute approximate surface area is 122 Å². The van der Waals surface area contributed by atoms with Crippen LogP contribution in [0.25, 0.3) is 0 Å². The van der Waals surface area contributed by atoms with Gasteiger partial charge in [0.1, 0.15) is 5.75 Å². The van der Waals surface area contributed by atoms with Gasteiger partial charge in [0.25, 0.3) is 0 Å². The highest BCUT2D eigenvalue weighted by Crippen LogP contribution is 2.26. The second-order valence-electron chi connectivity index (χ2n) is 4.20. The quantitative estimate of drug-likeness (QED) is 0.668. The molecule has 20 heavy (non-hydrogen) atoms. The highest BCUT2D eigenvalue weighted by Gasteiger charge is 2.02. The van der Waals surface area contributed by atoms with Crippen LogP contribution < -0.4 is 15.8 Å². The van der Waals surface area contributed by atoms with Crippen LogP contribution in [0, 0.1) is 0 Å². The minimum Gasteiger partial charge on any atom is -0.495 e. The van der Waals surface area contributed by atoms with Crippen LogP contribution in [0.1, 0.15) is 5.56 Å². The molecule has 0 amide bonds. The number of nitrogens with zero attached hydrogens (tertiary/aromatic N) is 3. The predicted molar refractivity (Wildman–Crippen MR) is 80.2 cm³/mol. The van der Waals surface area contributed by atoms with Gasteiger partial charge in [0, 0.05) is 24.5 Å². The molecule has 3 N–H and O–H groups in total. The molecule has 0 aliphatic heterocycles. The molecule has 6 nitrogen and oxygen atoms in total. The van der Waals surface area contributed by atoms with E-state index in [1.807, 2.05) is 19.3 Å². The first-order valence-corrected chi connectivity index (χ1v) is 6.34. The summed E-state index contributed by atoms with van der Waals surface area (Å²) in [6, 6.07) is 5.31. The summed E-state index contributed by atoms with van der Waals surface area (Å²) in [5.74, 6) is 0.929. The summed E-state index contributed by atoms with van der Waals surface area (Å²) in [6.45, 7) is 0.469. The first kappa shape index (κ1) is 14.2. The Morgan fingerprint density at radius 3 is 2.95 bits per heavy atom. The third kappa shape index (κ3) is 3.64. The molecule has 0 fully saturated rings. The summed E-state index contributed by atoms with van der Waals surface area (Å²) in [6.07, 6.45) is 3.64. The lowest BCUT2D eigenvalue weighted by molar-refractivity contribution is 0.415. The fraction of sp³-hybridized carbons (Fsp3) is 0.231. The van der Waals surface area contributed by atoms with Gasteiger partial charge >= 0.3 is 0 Å². The molecule has 1 aromatic carbocycles. The van der Waals surface area contributed by atoms with E-state index in [4.69, 9.17) is 22.1 Å². The maximum Gasteiger partial charge on any atom is 0.193 e. The van der Waals surface area contributed by atoms with E-state index < -0.39 is 0 Å². The first-order chi connectivity index (χ1) is 9.58. The monoisotopic (exact) mass is 293 g/mol. The third-order valence-corrected chi connectivity index (χ3v) is 2.91. The zero-order valence-electron chi connectivity index (χ0n) is 11.3. The normalized spacial score (nSPS) is 11.4. The fourth-order valence-corrected chi connectivity index (χ4v) is 1.92. The Bertz CT molecular complexity index is 623. The van der Waals surface area contributed by atoms with Gasteiger partial charge in [-0.2, -0.15) is 5.10 Å². The van der Waals surface area contributed by atoms with Crippen molar-refractivity contribution in [1.82, 2.24) is 9.78 Å². The SMILES string of the molecule is COc1ccc(NC(N)=NCc2cnn(C)c2)cc1Cl.